The van der Waals surface area contributed by atoms with E-state index in [1.165, 1.54) is 0 Å². The first kappa shape index (κ1) is 20.3. The van der Waals surface area contributed by atoms with Gasteiger partial charge in [0.2, 0.25) is 0 Å². The Morgan fingerprint density at radius 1 is 0.844 bits per heavy atom. The van der Waals surface area contributed by atoms with Crippen LogP contribution in [0.3, 0.4) is 0 Å². The zero-order valence-electron chi connectivity index (χ0n) is 17.8. The van der Waals surface area contributed by atoms with Gasteiger partial charge in [0.25, 0.3) is 0 Å². The molecular formula is C26H22BrN5. The Bertz CT molecular complexity index is 1360. The summed E-state index contributed by atoms with van der Waals surface area (Å²) in [6, 6.07) is 26.9. The van der Waals surface area contributed by atoms with Crippen molar-refractivity contribution in [3.8, 4) is 16.8 Å². The quantitative estimate of drug-likeness (QED) is 0.303. The highest BCUT2D eigenvalue weighted by atomic mass is 79.9. The summed E-state index contributed by atoms with van der Waals surface area (Å²) in [6.07, 6.45) is 3.75. The lowest BCUT2D eigenvalue weighted by atomic mass is 10.1. The van der Waals surface area contributed by atoms with Crippen LogP contribution in [0.15, 0.2) is 95.9 Å². The van der Waals surface area contributed by atoms with Crippen molar-refractivity contribution >= 4 is 44.2 Å². The average Bonchev–Trinajstić information content (AvgIpc) is 3.21. The fourth-order valence-corrected chi connectivity index (χ4v) is 4.04. The summed E-state index contributed by atoms with van der Waals surface area (Å²) in [4.78, 5) is 11.4. The molecule has 0 amide bonds. The van der Waals surface area contributed by atoms with E-state index >= 15 is 0 Å². The summed E-state index contributed by atoms with van der Waals surface area (Å²) in [7, 11) is 4.07. The highest BCUT2D eigenvalue weighted by Gasteiger charge is 2.17. The van der Waals surface area contributed by atoms with Crippen LogP contribution in [0.4, 0.5) is 17.2 Å². The van der Waals surface area contributed by atoms with Crippen LogP contribution in [-0.2, 0) is 0 Å². The second kappa shape index (κ2) is 8.48. The van der Waals surface area contributed by atoms with E-state index in [9.17, 15) is 0 Å². The van der Waals surface area contributed by atoms with E-state index in [-0.39, 0.29) is 0 Å². The lowest BCUT2D eigenvalue weighted by Crippen LogP contribution is -2.08. The molecular weight excluding hydrogens is 462 g/mol. The summed E-state index contributed by atoms with van der Waals surface area (Å²) >= 11 is 3.52. The monoisotopic (exact) mass is 483 g/mol. The van der Waals surface area contributed by atoms with Gasteiger partial charge in [-0.25, -0.2) is 9.97 Å². The van der Waals surface area contributed by atoms with Gasteiger partial charge >= 0.3 is 0 Å². The highest BCUT2D eigenvalue weighted by Crippen LogP contribution is 2.36. The standard InChI is InChI=1S/C26H22BrN5/c1-31(2)21-14-10-20(11-15-21)30-25-24-23(18-6-4-3-5-7-18)16-32(26(24)29-17-28-25)22-12-8-19(27)9-13-22/h3-17H,1-2H3,(H,28,29,30). The smallest absolute Gasteiger partial charge is 0.150 e. The van der Waals surface area contributed by atoms with Gasteiger partial charge in [-0.3, -0.25) is 0 Å². The minimum atomic E-state index is 0.780. The third kappa shape index (κ3) is 3.85. The van der Waals surface area contributed by atoms with Gasteiger partial charge in [-0.15, -0.1) is 0 Å². The van der Waals surface area contributed by atoms with Crippen molar-refractivity contribution in [2.45, 2.75) is 0 Å². The predicted molar refractivity (Wildman–Crippen MR) is 136 cm³/mol. The summed E-state index contributed by atoms with van der Waals surface area (Å²) in [5, 5.41) is 4.49. The maximum absolute atomic E-state index is 4.66. The number of aromatic nitrogens is 3. The van der Waals surface area contributed by atoms with Gasteiger partial charge in [-0.05, 0) is 54.1 Å². The number of rotatable bonds is 5. The van der Waals surface area contributed by atoms with E-state index in [1.807, 2.05) is 32.3 Å². The number of halogens is 1. The molecule has 0 fully saturated rings. The van der Waals surface area contributed by atoms with Gasteiger partial charge in [-0.1, -0.05) is 46.3 Å². The van der Waals surface area contributed by atoms with E-state index < -0.39 is 0 Å². The molecule has 1 N–H and O–H groups in total. The molecule has 0 aliphatic carbocycles. The fraction of sp³-hybridized carbons (Fsp3) is 0.0769. The van der Waals surface area contributed by atoms with Gasteiger partial charge in [0.1, 0.15) is 12.1 Å². The minimum absolute atomic E-state index is 0.780. The Morgan fingerprint density at radius 3 is 2.25 bits per heavy atom. The van der Waals surface area contributed by atoms with Gasteiger partial charge < -0.3 is 14.8 Å². The molecule has 0 aliphatic heterocycles. The van der Waals surface area contributed by atoms with Crippen molar-refractivity contribution in [2.75, 3.05) is 24.3 Å². The van der Waals surface area contributed by atoms with Crippen molar-refractivity contribution < 1.29 is 0 Å². The molecule has 2 aromatic heterocycles. The normalized spacial score (nSPS) is 11.0. The third-order valence-corrected chi connectivity index (χ3v) is 5.95. The first-order valence-corrected chi connectivity index (χ1v) is 11.1. The second-order valence-corrected chi connectivity index (χ2v) is 8.66. The van der Waals surface area contributed by atoms with Crippen LogP contribution in [0.1, 0.15) is 0 Å². The number of fused-ring (bicyclic) bond motifs is 1. The Kier molecular flexibility index (Phi) is 5.37. The number of nitrogens with one attached hydrogen (secondary N) is 1. The van der Waals surface area contributed by atoms with Crippen LogP contribution in [0.5, 0.6) is 0 Å². The van der Waals surface area contributed by atoms with Gasteiger partial charge in [0.15, 0.2) is 5.65 Å². The first-order valence-electron chi connectivity index (χ1n) is 10.3. The number of hydrogen-bond acceptors (Lipinski definition) is 4. The van der Waals surface area contributed by atoms with E-state index in [1.54, 1.807) is 6.33 Å². The molecule has 5 nitrogen and oxygen atoms in total. The number of benzene rings is 3. The molecule has 0 radical (unpaired) electrons. The average molecular weight is 484 g/mol. The van der Waals surface area contributed by atoms with Crippen molar-refractivity contribution in [1.29, 1.82) is 0 Å². The van der Waals surface area contributed by atoms with Crippen molar-refractivity contribution in [2.24, 2.45) is 0 Å². The number of anilines is 3. The molecule has 5 rings (SSSR count). The Morgan fingerprint density at radius 2 is 1.56 bits per heavy atom. The molecule has 6 heteroatoms. The molecule has 2 heterocycles. The predicted octanol–water partition coefficient (Wildman–Crippen LogP) is 6.66. The molecule has 0 spiro atoms. The molecule has 0 saturated heterocycles. The molecule has 0 unspecified atom stereocenters. The summed E-state index contributed by atoms with van der Waals surface area (Å²) in [5.41, 5.74) is 6.22. The van der Waals surface area contributed by atoms with Gasteiger partial charge in [0, 0.05) is 47.4 Å². The van der Waals surface area contributed by atoms with Crippen LogP contribution in [0, 0.1) is 0 Å². The molecule has 0 aliphatic rings. The summed E-state index contributed by atoms with van der Waals surface area (Å²) < 4.78 is 3.16. The van der Waals surface area contributed by atoms with Crippen LogP contribution >= 0.6 is 15.9 Å². The van der Waals surface area contributed by atoms with Gasteiger partial charge in [0.05, 0.1) is 5.39 Å². The summed E-state index contributed by atoms with van der Waals surface area (Å²) in [6.45, 7) is 0. The SMILES string of the molecule is CN(C)c1ccc(Nc2ncnc3c2c(-c2ccccc2)cn3-c2ccc(Br)cc2)cc1. The maximum Gasteiger partial charge on any atom is 0.150 e. The van der Waals surface area contributed by atoms with Crippen LogP contribution in [-0.4, -0.2) is 28.6 Å². The Balaban J connectivity index is 1.67. The topological polar surface area (TPSA) is 46.0 Å². The highest BCUT2D eigenvalue weighted by molar-refractivity contribution is 9.10. The molecule has 3 aromatic carbocycles. The largest absolute Gasteiger partial charge is 0.378 e. The second-order valence-electron chi connectivity index (χ2n) is 7.74. The van der Waals surface area contributed by atoms with E-state index in [4.69, 9.17) is 0 Å². The minimum Gasteiger partial charge on any atom is -0.378 e. The van der Waals surface area contributed by atoms with Crippen LogP contribution in [0.2, 0.25) is 0 Å². The summed E-state index contributed by atoms with van der Waals surface area (Å²) in [5.74, 6) is 0.780. The molecule has 0 saturated carbocycles. The molecule has 0 bridgehead atoms. The first-order chi connectivity index (χ1) is 15.6. The van der Waals surface area contributed by atoms with Crippen LogP contribution in [0.25, 0.3) is 27.8 Å². The van der Waals surface area contributed by atoms with Crippen molar-refractivity contribution in [3.05, 3.63) is 95.9 Å². The maximum atomic E-state index is 4.66. The molecule has 32 heavy (non-hydrogen) atoms. The molecule has 5 aromatic rings. The van der Waals surface area contributed by atoms with Crippen molar-refractivity contribution in [3.63, 3.8) is 0 Å². The number of hydrogen-bond donors (Lipinski definition) is 1. The fourth-order valence-electron chi connectivity index (χ4n) is 3.77. The van der Waals surface area contributed by atoms with Gasteiger partial charge in [-0.2, -0.15) is 0 Å². The lowest BCUT2D eigenvalue weighted by molar-refractivity contribution is 1.08. The van der Waals surface area contributed by atoms with E-state index in [2.05, 4.69) is 108 Å². The van der Waals surface area contributed by atoms with E-state index in [0.29, 0.717) is 0 Å². The Labute approximate surface area is 195 Å². The van der Waals surface area contributed by atoms with Crippen LogP contribution < -0.4 is 10.2 Å². The molecule has 158 valence electrons. The molecule has 0 atom stereocenters. The zero-order chi connectivity index (χ0) is 22.1. The third-order valence-electron chi connectivity index (χ3n) is 5.42. The van der Waals surface area contributed by atoms with E-state index in [0.717, 1.165) is 49.5 Å². The Hall–Kier alpha value is -3.64. The van der Waals surface area contributed by atoms with Crippen molar-refractivity contribution in [1.82, 2.24) is 14.5 Å². The lowest BCUT2D eigenvalue weighted by Gasteiger charge is -2.13. The zero-order valence-corrected chi connectivity index (χ0v) is 19.4. The number of nitrogens with zero attached hydrogens (tertiary/aromatic N) is 4.